The van der Waals surface area contributed by atoms with E-state index in [1.54, 1.807) is 42.5 Å². The van der Waals surface area contributed by atoms with E-state index in [-0.39, 0.29) is 17.9 Å². The van der Waals surface area contributed by atoms with Crippen molar-refractivity contribution in [2.75, 3.05) is 18.5 Å². The maximum absolute atomic E-state index is 12.5. The van der Waals surface area contributed by atoms with Crippen LogP contribution in [0.2, 0.25) is 5.02 Å². The zero-order valence-corrected chi connectivity index (χ0v) is 15.5. The second-order valence-corrected chi connectivity index (χ2v) is 6.70. The maximum Gasteiger partial charge on any atom is 0.253 e. The van der Waals surface area contributed by atoms with E-state index in [4.69, 9.17) is 16.3 Å². The summed E-state index contributed by atoms with van der Waals surface area (Å²) in [7, 11) is 0. The van der Waals surface area contributed by atoms with Crippen molar-refractivity contribution >= 4 is 35.2 Å². The van der Waals surface area contributed by atoms with Crippen LogP contribution in [-0.2, 0) is 9.53 Å². The van der Waals surface area contributed by atoms with Crippen molar-refractivity contribution in [3.63, 3.8) is 0 Å². The largest absolute Gasteiger partial charge is 0.376 e. The van der Waals surface area contributed by atoms with Crippen LogP contribution >= 0.6 is 11.6 Å². The molecule has 2 aromatic rings. The summed E-state index contributed by atoms with van der Waals surface area (Å²) in [5.74, 6) is -0.549. The fourth-order valence-electron chi connectivity index (χ4n) is 2.82. The molecule has 27 heavy (non-hydrogen) atoms. The molecule has 1 atom stereocenters. The van der Waals surface area contributed by atoms with Crippen molar-refractivity contribution in [3.05, 3.63) is 70.8 Å². The van der Waals surface area contributed by atoms with Crippen molar-refractivity contribution < 1.29 is 14.3 Å². The first-order valence-electron chi connectivity index (χ1n) is 8.85. The van der Waals surface area contributed by atoms with E-state index in [2.05, 4.69) is 10.6 Å². The quantitative estimate of drug-likeness (QED) is 0.742. The Hall–Kier alpha value is -2.63. The van der Waals surface area contributed by atoms with Gasteiger partial charge in [-0.1, -0.05) is 35.9 Å². The Morgan fingerprint density at radius 1 is 1.15 bits per heavy atom. The first-order valence-corrected chi connectivity index (χ1v) is 9.23. The lowest BCUT2D eigenvalue weighted by Gasteiger charge is -2.13. The third-order valence-electron chi connectivity index (χ3n) is 4.24. The highest BCUT2D eigenvalue weighted by molar-refractivity contribution is 6.30. The standard InChI is InChI=1S/C21H21ClN2O3/c22-16-10-7-15(8-11-16)9-12-20(25)24-19-6-2-1-5-18(19)21(26)23-14-17-4-3-13-27-17/h1-2,5-12,17H,3-4,13-14H2,(H,23,26)(H,24,25)/b12-9+/t17-/m0/s1. The average Bonchev–Trinajstić information content (AvgIpc) is 3.20. The van der Waals surface area contributed by atoms with Crippen LogP contribution in [0.15, 0.2) is 54.6 Å². The van der Waals surface area contributed by atoms with Crippen molar-refractivity contribution in [1.29, 1.82) is 0 Å². The molecule has 1 fully saturated rings. The number of benzene rings is 2. The molecular weight excluding hydrogens is 364 g/mol. The van der Waals surface area contributed by atoms with Gasteiger partial charge in [0.1, 0.15) is 0 Å². The lowest BCUT2D eigenvalue weighted by molar-refractivity contribution is -0.111. The Kier molecular flexibility index (Phi) is 6.63. The molecule has 1 saturated heterocycles. The van der Waals surface area contributed by atoms with Crippen LogP contribution in [0.5, 0.6) is 0 Å². The van der Waals surface area contributed by atoms with Gasteiger partial charge in [0.25, 0.3) is 5.91 Å². The normalized spacial score (nSPS) is 16.4. The number of carbonyl (C=O) groups excluding carboxylic acids is 2. The van der Waals surface area contributed by atoms with Crippen LogP contribution in [0, 0.1) is 0 Å². The molecule has 0 aromatic heterocycles. The zero-order valence-electron chi connectivity index (χ0n) is 14.8. The molecule has 140 valence electrons. The first kappa shape index (κ1) is 19.1. The molecule has 2 N–H and O–H groups in total. The molecule has 1 aliphatic rings. The minimum absolute atomic E-state index is 0.0676. The van der Waals surface area contributed by atoms with Crippen LogP contribution in [0.25, 0.3) is 6.08 Å². The van der Waals surface area contributed by atoms with Crippen LogP contribution < -0.4 is 10.6 Å². The third kappa shape index (κ3) is 5.67. The smallest absolute Gasteiger partial charge is 0.253 e. The monoisotopic (exact) mass is 384 g/mol. The molecule has 6 heteroatoms. The van der Waals surface area contributed by atoms with Gasteiger partial charge < -0.3 is 15.4 Å². The number of ether oxygens (including phenoxy) is 1. The highest BCUT2D eigenvalue weighted by atomic mass is 35.5. The van der Waals surface area contributed by atoms with Crippen LogP contribution in [0.3, 0.4) is 0 Å². The first-order chi connectivity index (χ1) is 13.1. The number of carbonyl (C=O) groups is 2. The average molecular weight is 385 g/mol. The minimum Gasteiger partial charge on any atom is -0.376 e. The summed E-state index contributed by atoms with van der Waals surface area (Å²) in [5.41, 5.74) is 1.74. The predicted molar refractivity (Wildman–Crippen MR) is 107 cm³/mol. The number of anilines is 1. The van der Waals surface area contributed by atoms with Crippen LogP contribution in [0.1, 0.15) is 28.8 Å². The summed E-state index contributed by atoms with van der Waals surface area (Å²) in [5, 5.41) is 6.27. The van der Waals surface area contributed by atoms with E-state index in [1.165, 1.54) is 6.08 Å². The number of para-hydroxylation sites is 1. The van der Waals surface area contributed by atoms with Gasteiger partial charge in [-0.15, -0.1) is 0 Å². The molecule has 2 amide bonds. The molecule has 3 rings (SSSR count). The van der Waals surface area contributed by atoms with E-state index in [1.807, 2.05) is 12.1 Å². The summed E-state index contributed by atoms with van der Waals surface area (Å²) in [6, 6.07) is 14.1. The van der Waals surface area contributed by atoms with Gasteiger partial charge in [0.05, 0.1) is 17.4 Å². The molecule has 1 aliphatic heterocycles. The van der Waals surface area contributed by atoms with Crippen molar-refractivity contribution in [3.8, 4) is 0 Å². The van der Waals surface area contributed by atoms with Gasteiger partial charge >= 0.3 is 0 Å². The summed E-state index contributed by atoms with van der Waals surface area (Å²) < 4.78 is 5.51. The molecule has 0 unspecified atom stereocenters. The maximum atomic E-state index is 12.5. The molecule has 0 aliphatic carbocycles. The van der Waals surface area contributed by atoms with E-state index in [0.29, 0.717) is 22.8 Å². The van der Waals surface area contributed by atoms with E-state index in [9.17, 15) is 9.59 Å². The topological polar surface area (TPSA) is 67.4 Å². The number of nitrogens with one attached hydrogen (secondary N) is 2. The summed E-state index contributed by atoms with van der Waals surface area (Å²) in [4.78, 5) is 24.7. The van der Waals surface area contributed by atoms with E-state index < -0.39 is 0 Å². The zero-order chi connectivity index (χ0) is 19.1. The SMILES string of the molecule is O=C(/C=C/c1ccc(Cl)cc1)Nc1ccccc1C(=O)NC[C@@H]1CCCO1. The Labute approximate surface area is 163 Å². The molecule has 1 heterocycles. The lowest BCUT2D eigenvalue weighted by Crippen LogP contribution is -2.32. The second-order valence-electron chi connectivity index (χ2n) is 6.26. The summed E-state index contributed by atoms with van der Waals surface area (Å²) in [6.45, 7) is 1.21. The Morgan fingerprint density at radius 3 is 2.67 bits per heavy atom. The number of halogens is 1. The number of rotatable bonds is 6. The van der Waals surface area contributed by atoms with Crippen LogP contribution in [-0.4, -0.2) is 31.1 Å². The molecule has 0 radical (unpaired) electrons. The fourth-order valence-corrected chi connectivity index (χ4v) is 2.94. The molecule has 5 nitrogen and oxygen atoms in total. The van der Waals surface area contributed by atoms with Gasteiger partial charge in [0.15, 0.2) is 0 Å². The van der Waals surface area contributed by atoms with E-state index >= 15 is 0 Å². The Balaban J connectivity index is 1.61. The summed E-state index contributed by atoms with van der Waals surface area (Å²) in [6.07, 6.45) is 5.15. The van der Waals surface area contributed by atoms with E-state index in [0.717, 1.165) is 25.0 Å². The van der Waals surface area contributed by atoms with Gasteiger partial charge in [-0.2, -0.15) is 0 Å². The molecule has 2 aromatic carbocycles. The Bertz CT molecular complexity index is 828. The van der Waals surface area contributed by atoms with Gasteiger partial charge in [-0.05, 0) is 48.7 Å². The van der Waals surface area contributed by atoms with Crippen molar-refractivity contribution in [1.82, 2.24) is 5.32 Å². The number of hydrogen-bond acceptors (Lipinski definition) is 3. The minimum atomic E-state index is -0.315. The summed E-state index contributed by atoms with van der Waals surface area (Å²) >= 11 is 5.85. The van der Waals surface area contributed by atoms with Crippen LogP contribution in [0.4, 0.5) is 5.69 Å². The molecule has 0 bridgehead atoms. The van der Waals surface area contributed by atoms with Gasteiger partial charge in [0.2, 0.25) is 5.91 Å². The number of amides is 2. The van der Waals surface area contributed by atoms with Crippen molar-refractivity contribution in [2.24, 2.45) is 0 Å². The highest BCUT2D eigenvalue weighted by Gasteiger charge is 2.18. The third-order valence-corrected chi connectivity index (χ3v) is 4.49. The van der Waals surface area contributed by atoms with Crippen molar-refractivity contribution in [2.45, 2.75) is 18.9 Å². The Morgan fingerprint density at radius 2 is 1.93 bits per heavy atom. The highest BCUT2D eigenvalue weighted by Crippen LogP contribution is 2.16. The molecule has 0 saturated carbocycles. The molecule has 0 spiro atoms. The lowest BCUT2D eigenvalue weighted by atomic mass is 10.1. The second kappa shape index (κ2) is 9.35. The predicted octanol–water partition coefficient (Wildman–Crippen LogP) is 3.90. The number of hydrogen-bond donors (Lipinski definition) is 2. The van der Waals surface area contributed by atoms with Gasteiger partial charge in [0, 0.05) is 24.3 Å². The van der Waals surface area contributed by atoms with Gasteiger partial charge in [-0.25, -0.2) is 0 Å². The fraction of sp³-hybridized carbons (Fsp3) is 0.238. The molecular formula is C21H21ClN2O3. The van der Waals surface area contributed by atoms with Gasteiger partial charge in [-0.3, -0.25) is 9.59 Å².